The minimum Gasteiger partial charge on any atom is -0.370 e. The summed E-state index contributed by atoms with van der Waals surface area (Å²) in [6.45, 7) is 5.17. The van der Waals surface area contributed by atoms with E-state index in [0.29, 0.717) is 0 Å². The van der Waals surface area contributed by atoms with Crippen molar-refractivity contribution in [3.05, 3.63) is 48.0 Å². The Labute approximate surface area is 108 Å². The van der Waals surface area contributed by atoms with Crippen molar-refractivity contribution in [1.29, 1.82) is 0 Å². The summed E-state index contributed by atoms with van der Waals surface area (Å²) in [7, 11) is 0. The van der Waals surface area contributed by atoms with E-state index in [2.05, 4.69) is 41.6 Å². The van der Waals surface area contributed by atoms with Crippen molar-refractivity contribution < 1.29 is 0 Å². The van der Waals surface area contributed by atoms with Gasteiger partial charge in [-0.25, -0.2) is 4.98 Å². The first-order valence-corrected chi connectivity index (χ1v) is 6.33. The molecule has 0 aliphatic rings. The van der Waals surface area contributed by atoms with E-state index in [1.54, 1.807) is 0 Å². The van der Waals surface area contributed by atoms with Crippen molar-refractivity contribution in [2.24, 2.45) is 0 Å². The molecule has 0 bridgehead atoms. The molecule has 0 aliphatic heterocycles. The second kappa shape index (κ2) is 6.05. The summed E-state index contributed by atoms with van der Waals surface area (Å²) < 4.78 is 0. The Morgan fingerprint density at radius 1 is 1.00 bits per heavy atom. The van der Waals surface area contributed by atoms with Gasteiger partial charge in [-0.15, -0.1) is 0 Å². The quantitative estimate of drug-likeness (QED) is 0.832. The number of nitrogens with one attached hydrogen (secondary N) is 2. The first kappa shape index (κ1) is 12.4. The standard InChI is InChI=1S/C15H19N3/c1-3-11-16-14-9-6-10-15(18-14)17-13-8-5-4-7-12(13)2/h4-10H,3,11H2,1-2H3,(H2,16,17,18). The molecule has 2 aromatic rings. The Balaban J connectivity index is 2.12. The lowest BCUT2D eigenvalue weighted by Gasteiger charge is -2.10. The van der Waals surface area contributed by atoms with Crippen molar-refractivity contribution in [3.8, 4) is 0 Å². The second-order valence-electron chi connectivity index (χ2n) is 4.27. The molecule has 0 amide bonds. The van der Waals surface area contributed by atoms with Crippen molar-refractivity contribution in [2.45, 2.75) is 20.3 Å². The smallest absolute Gasteiger partial charge is 0.132 e. The van der Waals surface area contributed by atoms with Crippen LogP contribution >= 0.6 is 0 Å². The summed E-state index contributed by atoms with van der Waals surface area (Å²) in [5.74, 6) is 1.78. The van der Waals surface area contributed by atoms with E-state index in [-0.39, 0.29) is 0 Å². The molecule has 1 aromatic carbocycles. The molecule has 0 fully saturated rings. The van der Waals surface area contributed by atoms with Crippen LogP contribution in [-0.4, -0.2) is 11.5 Å². The Kier molecular flexibility index (Phi) is 4.18. The highest BCUT2D eigenvalue weighted by Crippen LogP contribution is 2.19. The van der Waals surface area contributed by atoms with Crippen molar-refractivity contribution >= 4 is 17.3 Å². The highest BCUT2D eigenvalue weighted by molar-refractivity contribution is 5.61. The lowest BCUT2D eigenvalue weighted by Crippen LogP contribution is -2.03. The van der Waals surface area contributed by atoms with Gasteiger partial charge in [0.1, 0.15) is 11.6 Å². The third kappa shape index (κ3) is 3.23. The predicted molar refractivity (Wildman–Crippen MR) is 77.5 cm³/mol. The summed E-state index contributed by atoms with van der Waals surface area (Å²) >= 11 is 0. The summed E-state index contributed by atoms with van der Waals surface area (Å²) in [6.07, 6.45) is 1.09. The number of para-hydroxylation sites is 1. The highest BCUT2D eigenvalue weighted by Gasteiger charge is 2.00. The van der Waals surface area contributed by atoms with Crippen LogP contribution in [0.25, 0.3) is 0 Å². The third-order valence-corrected chi connectivity index (χ3v) is 2.71. The summed E-state index contributed by atoms with van der Waals surface area (Å²) in [4.78, 5) is 4.52. The molecule has 0 unspecified atom stereocenters. The maximum atomic E-state index is 4.52. The number of benzene rings is 1. The van der Waals surface area contributed by atoms with E-state index >= 15 is 0 Å². The van der Waals surface area contributed by atoms with Crippen LogP contribution in [0.2, 0.25) is 0 Å². The van der Waals surface area contributed by atoms with Crippen molar-refractivity contribution in [3.63, 3.8) is 0 Å². The number of pyridine rings is 1. The Morgan fingerprint density at radius 2 is 1.78 bits per heavy atom. The van der Waals surface area contributed by atoms with Gasteiger partial charge in [0.25, 0.3) is 0 Å². The molecule has 0 aliphatic carbocycles. The maximum Gasteiger partial charge on any atom is 0.132 e. The highest BCUT2D eigenvalue weighted by atomic mass is 15.1. The molecule has 0 radical (unpaired) electrons. The summed E-state index contributed by atoms with van der Waals surface area (Å²) in [6, 6.07) is 14.2. The van der Waals surface area contributed by atoms with Gasteiger partial charge in [-0.3, -0.25) is 0 Å². The number of aromatic nitrogens is 1. The van der Waals surface area contributed by atoms with Crippen molar-refractivity contribution in [1.82, 2.24) is 4.98 Å². The molecule has 0 atom stereocenters. The van der Waals surface area contributed by atoms with Crippen LogP contribution in [-0.2, 0) is 0 Å². The average molecular weight is 241 g/mol. The number of hydrogen-bond acceptors (Lipinski definition) is 3. The number of hydrogen-bond donors (Lipinski definition) is 2. The monoisotopic (exact) mass is 241 g/mol. The van der Waals surface area contributed by atoms with Crippen LogP contribution < -0.4 is 10.6 Å². The van der Waals surface area contributed by atoms with E-state index in [4.69, 9.17) is 0 Å². The third-order valence-electron chi connectivity index (χ3n) is 2.71. The summed E-state index contributed by atoms with van der Waals surface area (Å²) in [5, 5.41) is 6.62. The zero-order valence-electron chi connectivity index (χ0n) is 10.9. The minimum absolute atomic E-state index is 0.866. The fourth-order valence-corrected chi connectivity index (χ4v) is 1.71. The average Bonchev–Trinajstić information content (AvgIpc) is 2.40. The first-order chi connectivity index (χ1) is 8.79. The molecule has 0 saturated heterocycles. The maximum absolute atomic E-state index is 4.52. The van der Waals surface area contributed by atoms with E-state index < -0.39 is 0 Å². The molecule has 1 heterocycles. The molecular formula is C15H19N3. The van der Waals surface area contributed by atoms with Crippen LogP contribution in [0.3, 0.4) is 0 Å². The van der Waals surface area contributed by atoms with Crippen LogP contribution in [0.1, 0.15) is 18.9 Å². The van der Waals surface area contributed by atoms with Gasteiger partial charge in [0.05, 0.1) is 0 Å². The minimum atomic E-state index is 0.866. The largest absolute Gasteiger partial charge is 0.370 e. The second-order valence-corrected chi connectivity index (χ2v) is 4.27. The molecule has 94 valence electrons. The van der Waals surface area contributed by atoms with Crippen LogP contribution in [0, 0.1) is 6.92 Å². The Bertz CT molecular complexity index is 509. The van der Waals surface area contributed by atoms with Gasteiger partial charge in [0.2, 0.25) is 0 Å². The van der Waals surface area contributed by atoms with Gasteiger partial charge < -0.3 is 10.6 Å². The Morgan fingerprint density at radius 3 is 2.56 bits per heavy atom. The predicted octanol–water partition coefficient (Wildman–Crippen LogP) is 3.96. The number of nitrogens with zero attached hydrogens (tertiary/aromatic N) is 1. The molecule has 18 heavy (non-hydrogen) atoms. The van der Waals surface area contributed by atoms with Gasteiger partial charge in [0.15, 0.2) is 0 Å². The van der Waals surface area contributed by atoms with Gasteiger partial charge in [-0.2, -0.15) is 0 Å². The van der Waals surface area contributed by atoms with E-state index in [0.717, 1.165) is 30.3 Å². The molecule has 1 aromatic heterocycles. The summed E-state index contributed by atoms with van der Waals surface area (Å²) in [5.41, 5.74) is 2.31. The van der Waals surface area contributed by atoms with Gasteiger partial charge >= 0.3 is 0 Å². The SMILES string of the molecule is CCCNc1cccc(Nc2ccccc2C)n1. The Hall–Kier alpha value is -2.03. The molecule has 2 rings (SSSR count). The van der Waals surface area contributed by atoms with E-state index in [1.807, 2.05) is 30.3 Å². The van der Waals surface area contributed by atoms with Crippen LogP contribution in [0.15, 0.2) is 42.5 Å². The molecule has 3 heteroatoms. The van der Waals surface area contributed by atoms with Crippen LogP contribution in [0.5, 0.6) is 0 Å². The van der Waals surface area contributed by atoms with Crippen LogP contribution in [0.4, 0.5) is 17.3 Å². The first-order valence-electron chi connectivity index (χ1n) is 6.33. The number of rotatable bonds is 5. The fraction of sp³-hybridized carbons (Fsp3) is 0.267. The van der Waals surface area contributed by atoms with E-state index in [9.17, 15) is 0 Å². The molecular weight excluding hydrogens is 222 g/mol. The van der Waals surface area contributed by atoms with Gasteiger partial charge in [-0.1, -0.05) is 31.2 Å². The lowest BCUT2D eigenvalue weighted by molar-refractivity contribution is 0.970. The lowest BCUT2D eigenvalue weighted by atomic mass is 10.2. The normalized spacial score (nSPS) is 10.1. The number of anilines is 3. The fourth-order valence-electron chi connectivity index (χ4n) is 1.71. The van der Waals surface area contributed by atoms with E-state index in [1.165, 1.54) is 5.56 Å². The van der Waals surface area contributed by atoms with Crippen molar-refractivity contribution in [2.75, 3.05) is 17.2 Å². The zero-order chi connectivity index (χ0) is 12.8. The molecule has 0 spiro atoms. The molecule has 2 N–H and O–H groups in total. The molecule has 3 nitrogen and oxygen atoms in total. The van der Waals surface area contributed by atoms with Gasteiger partial charge in [0, 0.05) is 12.2 Å². The number of aryl methyl sites for hydroxylation is 1. The topological polar surface area (TPSA) is 37.0 Å². The zero-order valence-corrected chi connectivity index (χ0v) is 10.9. The molecule has 0 saturated carbocycles. The van der Waals surface area contributed by atoms with Gasteiger partial charge in [-0.05, 0) is 37.1 Å².